The highest BCUT2D eigenvalue weighted by molar-refractivity contribution is 8.01. The first-order chi connectivity index (χ1) is 7.66. The van der Waals surface area contributed by atoms with Crippen LogP contribution in [0.1, 0.15) is 52.4 Å². The zero-order chi connectivity index (χ0) is 11.6. The minimum absolute atomic E-state index is 0.521. The Labute approximate surface area is 105 Å². The summed E-state index contributed by atoms with van der Waals surface area (Å²) in [6.07, 6.45) is 10.8. The quantitative estimate of drug-likeness (QED) is 0.607. The summed E-state index contributed by atoms with van der Waals surface area (Å²) in [5.41, 5.74) is 5.57. The Morgan fingerprint density at radius 2 is 2.25 bits per heavy atom. The van der Waals surface area contributed by atoms with E-state index in [1.54, 1.807) is 11.8 Å². The van der Waals surface area contributed by atoms with Crippen molar-refractivity contribution in [3.8, 4) is 0 Å². The van der Waals surface area contributed by atoms with Crippen LogP contribution >= 0.6 is 11.8 Å². The molecule has 90 valence electrons. The van der Waals surface area contributed by atoms with E-state index in [1.165, 1.54) is 44.1 Å². The molecular formula is C15H24S. The monoisotopic (exact) mass is 236 g/mol. The number of thioether (sulfide) groups is 1. The van der Waals surface area contributed by atoms with Gasteiger partial charge in [0.2, 0.25) is 0 Å². The van der Waals surface area contributed by atoms with Gasteiger partial charge in [0.15, 0.2) is 0 Å². The molecule has 0 saturated heterocycles. The molecule has 0 amide bonds. The van der Waals surface area contributed by atoms with Gasteiger partial charge in [0.1, 0.15) is 0 Å². The van der Waals surface area contributed by atoms with E-state index in [1.807, 2.05) is 0 Å². The summed E-state index contributed by atoms with van der Waals surface area (Å²) in [5.74, 6) is 1.92. The second-order valence-corrected chi connectivity index (χ2v) is 6.62. The average molecular weight is 236 g/mol. The highest BCUT2D eigenvalue weighted by Crippen LogP contribution is 2.54. The van der Waals surface area contributed by atoms with E-state index < -0.39 is 0 Å². The fraction of sp³-hybridized carbons (Fsp3) is 0.800. The molecule has 0 nitrogen and oxygen atoms in total. The van der Waals surface area contributed by atoms with Crippen molar-refractivity contribution in [1.82, 2.24) is 0 Å². The Balaban J connectivity index is 2.24. The molecule has 2 aliphatic carbocycles. The molecule has 0 aromatic heterocycles. The van der Waals surface area contributed by atoms with Gasteiger partial charge in [0.05, 0.1) is 0 Å². The summed E-state index contributed by atoms with van der Waals surface area (Å²) in [5, 5.41) is 2.13. The molecule has 0 aromatic rings. The standard InChI is InChI=1S/C15H24S/c1-12-9-14-5-4-7-15(10-12,11-14)13(2)6-8-16-3/h8,12,14H,4-5,7,9-11H2,1-3H3. The van der Waals surface area contributed by atoms with Crippen molar-refractivity contribution in [2.45, 2.75) is 52.4 Å². The molecule has 0 radical (unpaired) electrons. The van der Waals surface area contributed by atoms with Crippen LogP contribution in [-0.2, 0) is 0 Å². The topological polar surface area (TPSA) is 0 Å². The molecule has 3 unspecified atom stereocenters. The summed E-state index contributed by atoms with van der Waals surface area (Å²) < 4.78 is 0. The van der Waals surface area contributed by atoms with Crippen molar-refractivity contribution in [3.05, 3.63) is 16.7 Å². The van der Waals surface area contributed by atoms with Crippen molar-refractivity contribution < 1.29 is 0 Å². The van der Waals surface area contributed by atoms with E-state index in [2.05, 4.69) is 31.2 Å². The Morgan fingerprint density at radius 1 is 1.44 bits per heavy atom. The van der Waals surface area contributed by atoms with Crippen LogP contribution in [0.3, 0.4) is 0 Å². The van der Waals surface area contributed by atoms with Crippen LogP contribution in [0.25, 0.3) is 0 Å². The predicted molar refractivity (Wildman–Crippen MR) is 73.6 cm³/mol. The molecule has 16 heavy (non-hydrogen) atoms. The highest BCUT2D eigenvalue weighted by atomic mass is 32.2. The van der Waals surface area contributed by atoms with Crippen LogP contribution < -0.4 is 0 Å². The highest BCUT2D eigenvalue weighted by Gasteiger charge is 2.42. The zero-order valence-corrected chi connectivity index (χ0v) is 11.7. The van der Waals surface area contributed by atoms with Gasteiger partial charge in [-0.05, 0) is 61.7 Å². The first kappa shape index (κ1) is 12.3. The molecule has 0 heterocycles. The van der Waals surface area contributed by atoms with Gasteiger partial charge in [-0.3, -0.25) is 0 Å². The number of fused-ring (bicyclic) bond motifs is 2. The molecule has 0 aliphatic heterocycles. The second kappa shape index (κ2) is 5.02. The smallest absolute Gasteiger partial charge is 0.0125 e. The molecule has 0 spiro atoms. The lowest BCUT2D eigenvalue weighted by molar-refractivity contribution is 0.0767. The Kier molecular flexibility index (Phi) is 3.87. The van der Waals surface area contributed by atoms with Crippen LogP contribution in [0.4, 0.5) is 0 Å². The lowest BCUT2D eigenvalue weighted by atomic mass is 9.57. The van der Waals surface area contributed by atoms with Gasteiger partial charge in [-0.2, -0.15) is 0 Å². The van der Waals surface area contributed by atoms with Crippen molar-refractivity contribution >= 4 is 11.8 Å². The van der Waals surface area contributed by atoms with E-state index >= 15 is 0 Å². The number of rotatable bonds is 2. The molecule has 2 saturated carbocycles. The van der Waals surface area contributed by atoms with Gasteiger partial charge in [-0.1, -0.05) is 19.8 Å². The van der Waals surface area contributed by atoms with Crippen LogP contribution in [0.2, 0.25) is 0 Å². The summed E-state index contributed by atoms with van der Waals surface area (Å²) in [7, 11) is 0. The van der Waals surface area contributed by atoms with Crippen LogP contribution in [0.5, 0.6) is 0 Å². The Bertz CT molecular complexity index is 307. The molecule has 3 atom stereocenters. The van der Waals surface area contributed by atoms with E-state index in [0.29, 0.717) is 5.41 Å². The summed E-state index contributed by atoms with van der Waals surface area (Å²) in [4.78, 5) is 0. The molecule has 1 heteroatoms. The number of allylic oxidation sites excluding steroid dienone is 1. The maximum Gasteiger partial charge on any atom is 0.0125 e. The number of hydrogen-bond acceptors (Lipinski definition) is 1. The minimum Gasteiger partial charge on any atom is -0.129 e. The van der Waals surface area contributed by atoms with Gasteiger partial charge < -0.3 is 0 Å². The molecule has 2 fully saturated rings. The summed E-state index contributed by atoms with van der Waals surface area (Å²) in [6.45, 7) is 4.75. The first-order valence-corrected chi connectivity index (χ1v) is 7.90. The molecular weight excluding hydrogens is 212 g/mol. The third kappa shape index (κ3) is 2.41. The van der Waals surface area contributed by atoms with Gasteiger partial charge in [-0.15, -0.1) is 17.5 Å². The average Bonchev–Trinajstić information content (AvgIpc) is 2.25. The maximum atomic E-state index is 3.52. The maximum absolute atomic E-state index is 3.52. The van der Waals surface area contributed by atoms with Crippen molar-refractivity contribution in [2.24, 2.45) is 17.3 Å². The van der Waals surface area contributed by atoms with E-state index in [4.69, 9.17) is 0 Å². The third-order valence-electron chi connectivity index (χ3n) is 4.61. The predicted octanol–water partition coefficient (Wildman–Crippen LogP) is 5.01. The fourth-order valence-electron chi connectivity index (χ4n) is 3.99. The third-order valence-corrected chi connectivity index (χ3v) is 4.96. The van der Waals surface area contributed by atoms with Crippen LogP contribution in [0.15, 0.2) is 16.7 Å². The van der Waals surface area contributed by atoms with Gasteiger partial charge in [0.25, 0.3) is 0 Å². The minimum atomic E-state index is 0.521. The van der Waals surface area contributed by atoms with Crippen LogP contribution in [-0.4, -0.2) is 6.26 Å². The van der Waals surface area contributed by atoms with E-state index in [0.717, 1.165) is 11.8 Å². The number of hydrogen-bond donors (Lipinski definition) is 0. The van der Waals surface area contributed by atoms with Gasteiger partial charge >= 0.3 is 0 Å². The lowest BCUT2D eigenvalue weighted by Gasteiger charge is -2.48. The normalized spacial score (nSPS) is 37.7. The lowest BCUT2D eigenvalue weighted by Crippen LogP contribution is -2.36. The Morgan fingerprint density at radius 3 is 3.00 bits per heavy atom. The summed E-state index contributed by atoms with van der Waals surface area (Å²) >= 11 is 1.77. The summed E-state index contributed by atoms with van der Waals surface area (Å²) in [6, 6.07) is 0. The van der Waals surface area contributed by atoms with Crippen molar-refractivity contribution in [1.29, 1.82) is 0 Å². The fourth-order valence-corrected chi connectivity index (χ4v) is 4.28. The SMILES string of the molecule is CSC=C=C(C)C12CCCC(CC(C)C1)C2. The van der Waals surface area contributed by atoms with Crippen LogP contribution in [0, 0.1) is 17.3 Å². The molecule has 2 aliphatic rings. The first-order valence-electron chi connectivity index (χ1n) is 6.61. The van der Waals surface area contributed by atoms with Gasteiger partial charge in [-0.25, -0.2) is 0 Å². The largest absolute Gasteiger partial charge is 0.129 e. The van der Waals surface area contributed by atoms with Crippen molar-refractivity contribution in [3.63, 3.8) is 0 Å². The van der Waals surface area contributed by atoms with E-state index in [-0.39, 0.29) is 0 Å². The Hall–Kier alpha value is -0.130. The second-order valence-electron chi connectivity index (χ2n) is 5.91. The molecule has 2 rings (SSSR count). The van der Waals surface area contributed by atoms with Gasteiger partial charge in [0, 0.05) is 5.41 Å². The van der Waals surface area contributed by atoms with E-state index in [9.17, 15) is 0 Å². The molecule has 0 N–H and O–H groups in total. The zero-order valence-electron chi connectivity index (χ0n) is 10.9. The molecule has 2 bridgehead atoms. The molecule has 0 aromatic carbocycles. The van der Waals surface area contributed by atoms with Crippen molar-refractivity contribution in [2.75, 3.05) is 6.26 Å².